The molecule has 2 aromatic rings. The van der Waals surface area contributed by atoms with Gasteiger partial charge in [-0.25, -0.2) is 0 Å². The molecule has 1 N–H and O–H groups in total. The Morgan fingerprint density at radius 3 is 2.74 bits per heavy atom. The second-order valence-electron chi connectivity index (χ2n) is 11.9. The van der Waals surface area contributed by atoms with Gasteiger partial charge in [0.2, 0.25) is 5.91 Å². The van der Waals surface area contributed by atoms with E-state index in [1.807, 2.05) is 25.1 Å². The van der Waals surface area contributed by atoms with E-state index in [0.29, 0.717) is 48.1 Å². The maximum Gasteiger partial charge on any atom is 0.273 e. The van der Waals surface area contributed by atoms with E-state index < -0.39 is 6.04 Å². The molecule has 1 aromatic heterocycles. The Kier molecular flexibility index (Phi) is 7.74. The maximum atomic E-state index is 13.8. The SMILES string of the molecule is COc1cc(CN(C(=O)c2cc(C)nn2C)[C@H]2CCCCNC2=O)ccc1OCCC1=CC[C@H]2C[C@@H]1C2(C)C. The highest BCUT2D eigenvalue weighted by Crippen LogP contribution is 2.59. The van der Waals surface area contributed by atoms with Crippen LogP contribution < -0.4 is 14.8 Å². The number of nitrogens with zero attached hydrogens (tertiary/aromatic N) is 3. The Bertz CT molecular complexity index is 1260. The first-order chi connectivity index (χ1) is 18.7. The smallest absolute Gasteiger partial charge is 0.273 e. The quantitative estimate of drug-likeness (QED) is 0.467. The molecule has 8 heteroatoms. The van der Waals surface area contributed by atoms with Crippen molar-refractivity contribution in [3.63, 3.8) is 0 Å². The number of benzene rings is 1. The van der Waals surface area contributed by atoms with Crippen LogP contribution in [0, 0.1) is 24.2 Å². The van der Waals surface area contributed by atoms with Crippen molar-refractivity contribution in [1.82, 2.24) is 20.0 Å². The Labute approximate surface area is 231 Å². The van der Waals surface area contributed by atoms with Gasteiger partial charge in [-0.15, -0.1) is 0 Å². The number of allylic oxidation sites excluding steroid dienone is 1. The first-order valence-corrected chi connectivity index (χ1v) is 14.3. The molecule has 8 nitrogen and oxygen atoms in total. The zero-order valence-electron chi connectivity index (χ0n) is 24.0. The van der Waals surface area contributed by atoms with Crippen LogP contribution in [0.4, 0.5) is 0 Å². The third-order valence-electron chi connectivity index (χ3n) is 9.18. The molecule has 2 fully saturated rings. The van der Waals surface area contributed by atoms with Crippen LogP contribution in [-0.4, -0.2) is 52.8 Å². The molecule has 210 valence electrons. The van der Waals surface area contributed by atoms with Gasteiger partial charge in [-0.05, 0) is 80.0 Å². The zero-order chi connectivity index (χ0) is 27.7. The normalized spacial score (nSPS) is 23.7. The summed E-state index contributed by atoms with van der Waals surface area (Å²) in [6.07, 6.45) is 8.25. The molecule has 1 saturated carbocycles. The second kappa shape index (κ2) is 11.1. The number of hydrogen-bond donors (Lipinski definition) is 1. The highest BCUT2D eigenvalue weighted by molar-refractivity contribution is 5.96. The van der Waals surface area contributed by atoms with E-state index in [4.69, 9.17) is 9.47 Å². The minimum atomic E-state index is -0.545. The number of nitrogens with one attached hydrogen (secondary N) is 1. The fourth-order valence-corrected chi connectivity index (χ4v) is 6.66. The molecule has 2 heterocycles. The molecule has 2 amide bonds. The summed E-state index contributed by atoms with van der Waals surface area (Å²) >= 11 is 0. The number of carbonyl (C=O) groups is 2. The fourth-order valence-electron chi connectivity index (χ4n) is 6.66. The van der Waals surface area contributed by atoms with Crippen molar-refractivity contribution in [3.05, 3.63) is 52.9 Å². The number of ether oxygens (including phenoxy) is 2. The summed E-state index contributed by atoms with van der Waals surface area (Å²) in [5, 5.41) is 7.32. The predicted octanol–water partition coefficient (Wildman–Crippen LogP) is 4.81. The first kappa shape index (κ1) is 27.3. The molecule has 3 atom stereocenters. The van der Waals surface area contributed by atoms with Crippen LogP contribution in [-0.2, 0) is 18.4 Å². The lowest BCUT2D eigenvalue weighted by Gasteiger charge is -2.56. The molecule has 4 aliphatic rings. The second-order valence-corrected chi connectivity index (χ2v) is 11.9. The molecule has 1 aromatic carbocycles. The zero-order valence-corrected chi connectivity index (χ0v) is 24.0. The van der Waals surface area contributed by atoms with E-state index in [9.17, 15) is 9.59 Å². The first-order valence-electron chi connectivity index (χ1n) is 14.3. The number of fused-ring (bicyclic) bond motifs is 1. The Hall–Kier alpha value is -3.29. The molecular formula is C31H42N4O4. The van der Waals surface area contributed by atoms with E-state index in [-0.39, 0.29) is 18.4 Å². The van der Waals surface area contributed by atoms with Crippen LogP contribution >= 0.6 is 0 Å². The summed E-state index contributed by atoms with van der Waals surface area (Å²) in [5.74, 6) is 2.51. The molecule has 2 bridgehead atoms. The van der Waals surface area contributed by atoms with Crippen LogP contribution in [0.5, 0.6) is 11.5 Å². The average Bonchev–Trinajstić information content (AvgIpc) is 3.12. The number of carbonyl (C=O) groups excluding carboxylic acids is 2. The monoisotopic (exact) mass is 534 g/mol. The van der Waals surface area contributed by atoms with Gasteiger partial charge in [0.05, 0.1) is 19.4 Å². The molecular weight excluding hydrogens is 492 g/mol. The highest BCUT2D eigenvalue weighted by Gasteiger charge is 2.50. The van der Waals surface area contributed by atoms with E-state index in [1.54, 1.807) is 29.8 Å². The summed E-state index contributed by atoms with van der Waals surface area (Å²) in [6.45, 7) is 8.16. The molecule has 0 unspecified atom stereocenters. The lowest BCUT2D eigenvalue weighted by Crippen LogP contribution is -2.48. The number of hydrogen-bond acceptors (Lipinski definition) is 5. The van der Waals surface area contributed by atoms with E-state index in [0.717, 1.165) is 36.4 Å². The van der Waals surface area contributed by atoms with E-state index >= 15 is 0 Å². The fraction of sp³-hybridized carbons (Fsp3) is 0.581. The molecule has 1 aliphatic heterocycles. The number of methoxy groups -OCH3 is 1. The topological polar surface area (TPSA) is 85.7 Å². The van der Waals surface area contributed by atoms with Gasteiger partial charge < -0.3 is 19.7 Å². The molecule has 39 heavy (non-hydrogen) atoms. The molecule has 3 aliphatic carbocycles. The van der Waals surface area contributed by atoms with E-state index in [1.165, 1.54) is 18.4 Å². The Morgan fingerprint density at radius 1 is 1.23 bits per heavy atom. The van der Waals surface area contributed by atoms with Crippen molar-refractivity contribution in [2.24, 2.45) is 24.3 Å². The van der Waals surface area contributed by atoms with Gasteiger partial charge in [0.1, 0.15) is 11.7 Å². The number of amides is 2. The van der Waals surface area contributed by atoms with Crippen LogP contribution in [0.1, 0.15) is 74.1 Å². The summed E-state index contributed by atoms with van der Waals surface area (Å²) < 4.78 is 13.5. The number of aryl methyl sites for hydroxylation is 2. The summed E-state index contributed by atoms with van der Waals surface area (Å²) in [7, 11) is 3.39. The summed E-state index contributed by atoms with van der Waals surface area (Å²) in [5.41, 5.74) is 4.04. The summed E-state index contributed by atoms with van der Waals surface area (Å²) in [6, 6.07) is 7.01. The van der Waals surface area contributed by atoms with Crippen molar-refractivity contribution in [3.8, 4) is 11.5 Å². The van der Waals surface area contributed by atoms with Gasteiger partial charge in [0, 0.05) is 26.6 Å². The van der Waals surface area contributed by atoms with Gasteiger partial charge >= 0.3 is 0 Å². The molecule has 0 spiro atoms. The minimum absolute atomic E-state index is 0.107. The van der Waals surface area contributed by atoms with Gasteiger partial charge in [-0.1, -0.05) is 31.6 Å². The largest absolute Gasteiger partial charge is 0.493 e. The van der Waals surface area contributed by atoms with Crippen molar-refractivity contribution in [2.45, 2.75) is 71.9 Å². The van der Waals surface area contributed by atoms with Crippen LogP contribution in [0.2, 0.25) is 0 Å². The standard InChI is InChI=1S/C31H42N4O4/c1-20-16-26(34(4)33-20)30(37)35(25-8-6-7-14-32-29(25)36)19-21-9-12-27(28(17-21)38-5)39-15-13-22-10-11-23-18-24(22)31(23,2)3/h9-10,12,16-17,23-25H,6-8,11,13-15,18-19H2,1-5H3,(H,32,36)/t23-,24-,25-/m0/s1. The molecule has 6 rings (SSSR count). The van der Waals surface area contributed by atoms with Crippen molar-refractivity contribution < 1.29 is 19.1 Å². The minimum Gasteiger partial charge on any atom is -0.493 e. The highest BCUT2D eigenvalue weighted by atomic mass is 16.5. The van der Waals surface area contributed by atoms with Gasteiger partial charge in [-0.2, -0.15) is 5.10 Å². The Morgan fingerprint density at radius 2 is 2.05 bits per heavy atom. The maximum absolute atomic E-state index is 13.8. The molecule has 0 radical (unpaired) electrons. The summed E-state index contributed by atoms with van der Waals surface area (Å²) in [4.78, 5) is 28.4. The van der Waals surface area contributed by atoms with Crippen LogP contribution in [0.3, 0.4) is 0 Å². The predicted molar refractivity (Wildman–Crippen MR) is 150 cm³/mol. The van der Waals surface area contributed by atoms with Crippen molar-refractivity contribution in [1.29, 1.82) is 0 Å². The lowest BCUT2D eigenvalue weighted by molar-refractivity contribution is -0.125. The van der Waals surface area contributed by atoms with E-state index in [2.05, 4.69) is 30.3 Å². The van der Waals surface area contributed by atoms with Crippen LogP contribution in [0.25, 0.3) is 0 Å². The number of rotatable bonds is 9. The van der Waals surface area contributed by atoms with Gasteiger partial charge in [-0.3, -0.25) is 14.3 Å². The van der Waals surface area contributed by atoms with Gasteiger partial charge in [0.15, 0.2) is 11.5 Å². The third-order valence-corrected chi connectivity index (χ3v) is 9.18. The Balaban J connectivity index is 1.31. The van der Waals surface area contributed by atoms with Crippen molar-refractivity contribution in [2.75, 3.05) is 20.3 Å². The van der Waals surface area contributed by atoms with Gasteiger partial charge in [0.25, 0.3) is 5.91 Å². The number of aromatic nitrogens is 2. The average molecular weight is 535 g/mol. The third kappa shape index (κ3) is 5.43. The van der Waals surface area contributed by atoms with Crippen LogP contribution in [0.15, 0.2) is 35.9 Å². The van der Waals surface area contributed by atoms with Crippen molar-refractivity contribution >= 4 is 11.8 Å². The lowest BCUT2D eigenvalue weighted by atomic mass is 9.48. The molecule has 1 saturated heterocycles.